The molecule has 0 unspecified atom stereocenters. The predicted octanol–water partition coefficient (Wildman–Crippen LogP) is 2.43. The molecule has 0 aromatic heterocycles. The second-order valence-corrected chi connectivity index (χ2v) is 2.98. The average Bonchev–Trinajstić information content (AvgIpc) is 2.16. The van der Waals surface area contributed by atoms with E-state index in [1.807, 2.05) is 19.1 Å². The lowest BCUT2D eigenvalue weighted by molar-refractivity contribution is 0.101. The molecule has 1 rings (SSSR count). The van der Waals surface area contributed by atoms with Gasteiger partial charge in [-0.3, -0.25) is 4.79 Å². The molecular weight excluding hydrogens is 188 g/mol. The number of para-hydroxylation sites is 1. The molecule has 0 radical (unpaired) electrons. The fourth-order valence-electron chi connectivity index (χ4n) is 1.21. The molecular formula is C10H11ClO2. The van der Waals surface area contributed by atoms with Gasteiger partial charge < -0.3 is 4.74 Å². The first-order valence-corrected chi connectivity index (χ1v) is 4.47. The molecule has 0 amide bonds. The lowest BCUT2D eigenvalue weighted by Crippen LogP contribution is -2.04. The molecule has 2 nitrogen and oxygen atoms in total. The van der Waals surface area contributed by atoms with Crippen LogP contribution in [0, 0.1) is 6.92 Å². The molecule has 0 N–H and O–H groups in total. The summed E-state index contributed by atoms with van der Waals surface area (Å²) < 4.78 is 5.12. The number of methoxy groups -OCH3 is 1. The molecule has 0 atom stereocenters. The summed E-state index contributed by atoms with van der Waals surface area (Å²) in [5.74, 6) is 0.496. The minimum Gasteiger partial charge on any atom is -0.496 e. The standard InChI is InChI=1S/C10H11ClO2/c1-7-4-3-5-8(9(12)6-11)10(7)13-2/h3-5H,6H2,1-2H3. The first kappa shape index (κ1) is 10.1. The van der Waals surface area contributed by atoms with Gasteiger partial charge in [-0.2, -0.15) is 0 Å². The minimum atomic E-state index is -0.109. The molecule has 0 aliphatic heterocycles. The zero-order valence-corrected chi connectivity index (χ0v) is 8.39. The van der Waals surface area contributed by atoms with E-state index in [0.717, 1.165) is 5.56 Å². The summed E-state index contributed by atoms with van der Waals surface area (Å²) in [4.78, 5) is 11.3. The van der Waals surface area contributed by atoms with E-state index < -0.39 is 0 Å². The number of Topliss-reactive ketones (excluding diaryl/α,β-unsaturated/α-hetero) is 1. The van der Waals surface area contributed by atoms with Crippen LogP contribution in [0.4, 0.5) is 0 Å². The van der Waals surface area contributed by atoms with Gasteiger partial charge in [-0.05, 0) is 18.6 Å². The Morgan fingerprint density at radius 1 is 1.54 bits per heavy atom. The molecule has 0 saturated heterocycles. The molecule has 0 saturated carbocycles. The third-order valence-electron chi connectivity index (χ3n) is 1.84. The Labute approximate surface area is 82.5 Å². The third kappa shape index (κ3) is 2.01. The van der Waals surface area contributed by atoms with Crippen molar-refractivity contribution in [3.63, 3.8) is 0 Å². The van der Waals surface area contributed by atoms with E-state index in [1.165, 1.54) is 0 Å². The fourth-order valence-corrected chi connectivity index (χ4v) is 1.36. The van der Waals surface area contributed by atoms with Crippen LogP contribution in [0.15, 0.2) is 18.2 Å². The molecule has 0 aliphatic carbocycles. The predicted molar refractivity (Wildman–Crippen MR) is 52.8 cm³/mol. The molecule has 0 aliphatic rings. The Bertz CT molecular complexity index is 321. The lowest BCUT2D eigenvalue weighted by atomic mass is 10.1. The van der Waals surface area contributed by atoms with E-state index in [1.54, 1.807) is 13.2 Å². The van der Waals surface area contributed by atoms with Crippen molar-refractivity contribution < 1.29 is 9.53 Å². The van der Waals surface area contributed by atoms with Crippen LogP contribution in [0.25, 0.3) is 0 Å². The number of benzene rings is 1. The summed E-state index contributed by atoms with van der Waals surface area (Å²) in [6, 6.07) is 5.43. The van der Waals surface area contributed by atoms with Crippen molar-refractivity contribution in [1.82, 2.24) is 0 Å². The monoisotopic (exact) mass is 198 g/mol. The highest BCUT2D eigenvalue weighted by Crippen LogP contribution is 2.23. The molecule has 0 bridgehead atoms. The van der Waals surface area contributed by atoms with Crippen molar-refractivity contribution in [3.8, 4) is 5.75 Å². The van der Waals surface area contributed by atoms with Gasteiger partial charge >= 0.3 is 0 Å². The van der Waals surface area contributed by atoms with Crippen molar-refractivity contribution in [2.75, 3.05) is 13.0 Å². The van der Waals surface area contributed by atoms with Gasteiger partial charge in [0, 0.05) is 0 Å². The van der Waals surface area contributed by atoms with Crippen LogP contribution in [-0.2, 0) is 0 Å². The van der Waals surface area contributed by atoms with Crippen molar-refractivity contribution in [2.45, 2.75) is 6.92 Å². The van der Waals surface area contributed by atoms with E-state index in [9.17, 15) is 4.79 Å². The first-order chi connectivity index (χ1) is 6.20. The Hall–Kier alpha value is -1.02. The topological polar surface area (TPSA) is 26.3 Å². The van der Waals surface area contributed by atoms with Crippen molar-refractivity contribution >= 4 is 17.4 Å². The zero-order valence-electron chi connectivity index (χ0n) is 7.63. The highest BCUT2D eigenvalue weighted by molar-refractivity contribution is 6.30. The Kier molecular flexibility index (Phi) is 3.32. The smallest absolute Gasteiger partial charge is 0.181 e. The molecule has 1 aromatic carbocycles. The normalized spacial score (nSPS) is 9.77. The quantitative estimate of drug-likeness (QED) is 0.551. The van der Waals surface area contributed by atoms with Crippen LogP contribution >= 0.6 is 11.6 Å². The van der Waals surface area contributed by atoms with E-state index in [4.69, 9.17) is 16.3 Å². The number of hydrogen-bond donors (Lipinski definition) is 0. The number of ether oxygens (including phenoxy) is 1. The van der Waals surface area contributed by atoms with Gasteiger partial charge in [0.05, 0.1) is 18.6 Å². The highest BCUT2D eigenvalue weighted by Gasteiger charge is 2.11. The lowest BCUT2D eigenvalue weighted by Gasteiger charge is -2.08. The summed E-state index contributed by atoms with van der Waals surface area (Å²) in [6.45, 7) is 1.89. The van der Waals surface area contributed by atoms with Gasteiger partial charge in [-0.15, -0.1) is 11.6 Å². The summed E-state index contributed by atoms with van der Waals surface area (Å²) >= 11 is 5.46. The Balaban J connectivity index is 3.20. The van der Waals surface area contributed by atoms with Crippen LogP contribution < -0.4 is 4.74 Å². The van der Waals surface area contributed by atoms with Crippen molar-refractivity contribution in [3.05, 3.63) is 29.3 Å². The number of halogens is 1. The highest BCUT2D eigenvalue weighted by atomic mass is 35.5. The third-order valence-corrected chi connectivity index (χ3v) is 2.08. The van der Waals surface area contributed by atoms with Gasteiger partial charge in [-0.1, -0.05) is 12.1 Å². The number of aryl methyl sites for hydroxylation is 1. The summed E-state index contributed by atoms with van der Waals surface area (Å²) in [5, 5.41) is 0. The van der Waals surface area contributed by atoms with Gasteiger partial charge in [0.25, 0.3) is 0 Å². The molecule has 0 fully saturated rings. The number of hydrogen-bond acceptors (Lipinski definition) is 2. The first-order valence-electron chi connectivity index (χ1n) is 3.93. The minimum absolute atomic E-state index is 0.0141. The number of rotatable bonds is 3. The maximum absolute atomic E-state index is 11.3. The van der Waals surface area contributed by atoms with Crippen molar-refractivity contribution in [1.29, 1.82) is 0 Å². The van der Waals surface area contributed by atoms with Crippen LogP contribution in [0.1, 0.15) is 15.9 Å². The van der Waals surface area contributed by atoms with Crippen LogP contribution in [0.5, 0.6) is 5.75 Å². The average molecular weight is 199 g/mol. The van der Waals surface area contributed by atoms with Crippen LogP contribution in [-0.4, -0.2) is 18.8 Å². The summed E-state index contributed by atoms with van der Waals surface area (Å²) in [5.41, 5.74) is 1.50. The van der Waals surface area contributed by atoms with Crippen molar-refractivity contribution in [2.24, 2.45) is 0 Å². The van der Waals surface area contributed by atoms with E-state index in [2.05, 4.69) is 0 Å². The Morgan fingerprint density at radius 2 is 2.23 bits per heavy atom. The maximum Gasteiger partial charge on any atom is 0.181 e. The molecule has 1 aromatic rings. The second kappa shape index (κ2) is 4.28. The Morgan fingerprint density at radius 3 is 2.77 bits per heavy atom. The van der Waals surface area contributed by atoms with Gasteiger partial charge in [0.1, 0.15) is 5.75 Å². The number of carbonyl (C=O) groups is 1. The largest absolute Gasteiger partial charge is 0.496 e. The summed E-state index contributed by atoms with van der Waals surface area (Å²) in [6.07, 6.45) is 0. The molecule has 0 spiro atoms. The SMILES string of the molecule is COc1c(C)cccc1C(=O)CCl. The number of alkyl halides is 1. The number of carbonyl (C=O) groups excluding carboxylic acids is 1. The van der Waals surface area contributed by atoms with Crippen LogP contribution in [0.3, 0.4) is 0 Å². The van der Waals surface area contributed by atoms with Gasteiger partial charge in [0.15, 0.2) is 5.78 Å². The second-order valence-electron chi connectivity index (χ2n) is 2.71. The van der Waals surface area contributed by atoms with Gasteiger partial charge in [0.2, 0.25) is 0 Å². The molecule has 0 heterocycles. The molecule has 3 heteroatoms. The zero-order chi connectivity index (χ0) is 9.84. The fraction of sp³-hybridized carbons (Fsp3) is 0.300. The number of ketones is 1. The van der Waals surface area contributed by atoms with E-state index in [0.29, 0.717) is 11.3 Å². The maximum atomic E-state index is 11.3. The molecule has 13 heavy (non-hydrogen) atoms. The van der Waals surface area contributed by atoms with Crippen LogP contribution in [0.2, 0.25) is 0 Å². The van der Waals surface area contributed by atoms with Gasteiger partial charge in [-0.25, -0.2) is 0 Å². The summed E-state index contributed by atoms with van der Waals surface area (Å²) in [7, 11) is 1.55. The van der Waals surface area contributed by atoms with E-state index in [-0.39, 0.29) is 11.7 Å². The molecule has 70 valence electrons. The van der Waals surface area contributed by atoms with E-state index >= 15 is 0 Å².